The van der Waals surface area contributed by atoms with E-state index in [4.69, 9.17) is 9.47 Å². The molecule has 0 N–H and O–H groups in total. The van der Waals surface area contributed by atoms with Crippen molar-refractivity contribution in [3.05, 3.63) is 59.7 Å². The average molecular weight is 313 g/mol. The van der Waals surface area contributed by atoms with Gasteiger partial charge in [0.1, 0.15) is 12.4 Å². The first kappa shape index (κ1) is 16.9. The Hall–Kier alpha value is -2.49. The van der Waals surface area contributed by atoms with Gasteiger partial charge in [-0.15, -0.1) is 0 Å². The van der Waals surface area contributed by atoms with Crippen LogP contribution in [0.3, 0.4) is 0 Å². The minimum atomic E-state index is -0.672. The number of ether oxygens (including phenoxy) is 2. The van der Waals surface area contributed by atoms with E-state index in [1.807, 2.05) is 25.1 Å². The number of carbonyl (C=O) groups excluding carboxylic acids is 1. The van der Waals surface area contributed by atoms with E-state index in [1.165, 1.54) is 5.56 Å². The van der Waals surface area contributed by atoms with Crippen LogP contribution in [0, 0.1) is 13.8 Å². The van der Waals surface area contributed by atoms with E-state index in [-0.39, 0.29) is 6.61 Å². The van der Waals surface area contributed by atoms with Gasteiger partial charge in [0.2, 0.25) is 0 Å². The molecule has 0 aliphatic heterocycles. The highest BCUT2D eigenvalue weighted by molar-refractivity contribution is 5.63. The zero-order valence-corrected chi connectivity index (χ0v) is 13.9. The second kappa shape index (κ2) is 8.22. The van der Waals surface area contributed by atoms with Crippen LogP contribution in [0.25, 0.3) is 0 Å². The summed E-state index contributed by atoms with van der Waals surface area (Å²) in [6.07, 6.45) is -0.672. The number of likely N-dealkylation sites (N-methyl/N-ethyl adjacent to an activating group) is 1. The maximum atomic E-state index is 11.7. The molecule has 0 amide bonds. The van der Waals surface area contributed by atoms with Gasteiger partial charge >= 0.3 is 6.16 Å². The number of hydrogen-bond acceptors (Lipinski definition) is 4. The fourth-order valence-corrected chi connectivity index (χ4v) is 2.27. The number of benzene rings is 2. The van der Waals surface area contributed by atoms with E-state index in [1.54, 1.807) is 12.1 Å². The van der Waals surface area contributed by atoms with Gasteiger partial charge in [0, 0.05) is 12.2 Å². The molecule has 4 heteroatoms. The number of aryl methyl sites for hydroxylation is 2. The minimum absolute atomic E-state index is 0.284. The molecular weight excluding hydrogens is 290 g/mol. The van der Waals surface area contributed by atoms with Crippen LogP contribution in [0.4, 0.5) is 10.5 Å². The summed E-state index contributed by atoms with van der Waals surface area (Å²) in [7, 11) is 0. The van der Waals surface area contributed by atoms with Crippen molar-refractivity contribution in [2.24, 2.45) is 0 Å². The van der Waals surface area contributed by atoms with E-state index in [9.17, 15) is 4.79 Å². The Balaban J connectivity index is 1.80. The van der Waals surface area contributed by atoms with Gasteiger partial charge in [0.25, 0.3) is 0 Å². The fourth-order valence-electron chi connectivity index (χ4n) is 2.27. The predicted octanol–water partition coefficient (Wildman–Crippen LogP) is 4.35. The molecule has 23 heavy (non-hydrogen) atoms. The van der Waals surface area contributed by atoms with Crippen LogP contribution in [0.5, 0.6) is 5.75 Å². The van der Waals surface area contributed by atoms with Crippen molar-refractivity contribution < 1.29 is 14.3 Å². The first-order chi connectivity index (χ1) is 11.1. The number of rotatable bonds is 6. The molecule has 122 valence electrons. The second-order valence-electron chi connectivity index (χ2n) is 5.43. The minimum Gasteiger partial charge on any atom is -0.432 e. The summed E-state index contributed by atoms with van der Waals surface area (Å²) < 4.78 is 10.3. The third-order valence-electron chi connectivity index (χ3n) is 3.55. The first-order valence-corrected chi connectivity index (χ1v) is 7.81. The summed E-state index contributed by atoms with van der Waals surface area (Å²) in [5.74, 6) is 0.492. The normalized spacial score (nSPS) is 10.2. The zero-order chi connectivity index (χ0) is 16.7. The highest BCUT2D eigenvalue weighted by Gasteiger charge is 2.09. The molecule has 0 radical (unpaired) electrons. The van der Waals surface area contributed by atoms with E-state index in [0.29, 0.717) is 12.3 Å². The van der Waals surface area contributed by atoms with Crippen molar-refractivity contribution in [3.8, 4) is 5.75 Å². The van der Waals surface area contributed by atoms with Crippen LogP contribution in [-0.2, 0) is 4.74 Å². The largest absolute Gasteiger partial charge is 0.513 e. The van der Waals surface area contributed by atoms with Crippen molar-refractivity contribution in [2.75, 3.05) is 24.6 Å². The first-order valence-electron chi connectivity index (χ1n) is 7.81. The predicted molar refractivity (Wildman–Crippen MR) is 92.2 cm³/mol. The zero-order valence-electron chi connectivity index (χ0n) is 13.9. The van der Waals surface area contributed by atoms with Crippen LogP contribution in [0.1, 0.15) is 18.1 Å². The van der Waals surface area contributed by atoms with Gasteiger partial charge in [-0.3, -0.25) is 0 Å². The van der Waals surface area contributed by atoms with Gasteiger partial charge in [-0.25, -0.2) is 4.79 Å². The molecule has 2 rings (SSSR count). The smallest absolute Gasteiger partial charge is 0.432 e. The molecule has 0 fully saturated rings. The molecule has 2 aromatic rings. The molecule has 0 aromatic heterocycles. The molecule has 0 spiro atoms. The van der Waals surface area contributed by atoms with Crippen LogP contribution in [0.15, 0.2) is 48.5 Å². The van der Waals surface area contributed by atoms with E-state index >= 15 is 0 Å². The Morgan fingerprint density at radius 1 is 1.04 bits per heavy atom. The molecule has 0 saturated heterocycles. The maximum absolute atomic E-state index is 11.7. The summed E-state index contributed by atoms with van der Waals surface area (Å²) in [5, 5.41) is 0. The molecule has 0 bridgehead atoms. The lowest BCUT2D eigenvalue weighted by molar-refractivity contribution is 0.101. The highest BCUT2D eigenvalue weighted by atomic mass is 16.7. The third-order valence-corrected chi connectivity index (χ3v) is 3.55. The van der Waals surface area contributed by atoms with Crippen LogP contribution in [0.2, 0.25) is 0 Å². The van der Waals surface area contributed by atoms with Gasteiger partial charge in [-0.05, 0) is 50.6 Å². The summed E-state index contributed by atoms with van der Waals surface area (Å²) >= 11 is 0. The summed E-state index contributed by atoms with van der Waals surface area (Å²) in [6.45, 7) is 7.88. The molecule has 0 aliphatic rings. The molecule has 0 atom stereocenters. The number of carbonyl (C=O) groups is 1. The van der Waals surface area contributed by atoms with Crippen LogP contribution < -0.4 is 9.64 Å². The topological polar surface area (TPSA) is 38.8 Å². The lowest BCUT2D eigenvalue weighted by Gasteiger charge is -2.23. The molecule has 4 nitrogen and oxygen atoms in total. The number of nitrogens with zero attached hydrogens (tertiary/aromatic N) is 1. The molecule has 0 aliphatic carbocycles. The van der Waals surface area contributed by atoms with Gasteiger partial charge < -0.3 is 14.4 Å². The van der Waals surface area contributed by atoms with Gasteiger partial charge in [-0.1, -0.05) is 29.8 Å². The summed E-state index contributed by atoms with van der Waals surface area (Å²) in [6, 6.07) is 15.5. The Morgan fingerprint density at radius 3 is 2.43 bits per heavy atom. The van der Waals surface area contributed by atoms with Crippen molar-refractivity contribution in [3.63, 3.8) is 0 Å². The van der Waals surface area contributed by atoms with Gasteiger partial charge in [0.15, 0.2) is 0 Å². The van der Waals surface area contributed by atoms with E-state index in [2.05, 4.69) is 36.9 Å². The number of anilines is 1. The summed E-state index contributed by atoms with van der Waals surface area (Å²) in [4.78, 5) is 13.9. The van der Waals surface area contributed by atoms with Crippen molar-refractivity contribution in [1.29, 1.82) is 0 Å². The lowest BCUT2D eigenvalue weighted by Crippen LogP contribution is -2.28. The molecule has 0 heterocycles. The Morgan fingerprint density at radius 2 is 1.78 bits per heavy atom. The Labute approximate surface area is 137 Å². The van der Waals surface area contributed by atoms with Crippen molar-refractivity contribution in [1.82, 2.24) is 0 Å². The quantitative estimate of drug-likeness (QED) is 0.587. The third kappa shape index (κ3) is 5.33. The van der Waals surface area contributed by atoms with E-state index in [0.717, 1.165) is 17.8 Å². The van der Waals surface area contributed by atoms with Crippen LogP contribution >= 0.6 is 0 Å². The molecule has 0 unspecified atom stereocenters. The average Bonchev–Trinajstić information content (AvgIpc) is 2.54. The molecule has 2 aromatic carbocycles. The van der Waals surface area contributed by atoms with Gasteiger partial charge in [0.05, 0.1) is 6.54 Å². The SMILES string of the molecule is CCN(CCOC(=O)Oc1ccc(C)cc1)c1cccc(C)c1. The number of hydrogen-bond donors (Lipinski definition) is 0. The standard InChI is InChI=1S/C19H23NO3/c1-4-20(17-7-5-6-16(3)14-17)12-13-22-19(21)23-18-10-8-15(2)9-11-18/h5-11,14H,4,12-13H2,1-3H3. The summed E-state index contributed by atoms with van der Waals surface area (Å²) in [5.41, 5.74) is 3.45. The molecular formula is C19H23NO3. The fraction of sp³-hybridized carbons (Fsp3) is 0.316. The van der Waals surface area contributed by atoms with Crippen molar-refractivity contribution >= 4 is 11.8 Å². The molecule has 0 saturated carbocycles. The Bertz CT molecular complexity index is 637. The monoisotopic (exact) mass is 313 g/mol. The van der Waals surface area contributed by atoms with Gasteiger partial charge in [-0.2, -0.15) is 0 Å². The van der Waals surface area contributed by atoms with E-state index < -0.39 is 6.16 Å². The Kier molecular flexibility index (Phi) is 6.03. The lowest BCUT2D eigenvalue weighted by atomic mass is 10.2. The highest BCUT2D eigenvalue weighted by Crippen LogP contribution is 2.15. The maximum Gasteiger partial charge on any atom is 0.513 e. The second-order valence-corrected chi connectivity index (χ2v) is 5.43. The van der Waals surface area contributed by atoms with Crippen molar-refractivity contribution in [2.45, 2.75) is 20.8 Å². The van der Waals surface area contributed by atoms with Crippen LogP contribution in [-0.4, -0.2) is 25.9 Å².